The van der Waals surface area contributed by atoms with Gasteiger partial charge in [-0.15, -0.1) is 0 Å². The fourth-order valence-electron chi connectivity index (χ4n) is 4.95. The van der Waals surface area contributed by atoms with Gasteiger partial charge in [0.05, 0.1) is 12.7 Å². The van der Waals surface area contributed by atoms with Gasteiger partial charge in [-0.3, -0.25) is 0 Å². The second kappa shape index (κ2) is 20.4. The first kappa shape index (κ1) is 43.5. The van der Waals surface area contributed by atoms with Crippen LogP contribution in [0, 0.1) is 0 Å². The molecule has 0 fully saturated rings. The molecule has 2 rings (SSSR count). The molecular formula is C40H68N2O6Si2. The fourth-order valence-corrected chi connectivity index (χ4v) is 7.36. The summed E-state index contributed by atoms with van der Waals surface area (Å²) in [5, 5.41) is 1.16. The molecule has 0 aliphatic rings. The van der Waals surface area contributed by atoms with Crippen LogP contribution in [0.3, 0.4) is 0 Å². The van der Waals surface area contributed by atoms with Gasteiger partial charge < -0.3 is 18.3 Å². The molecule has 10 heteroatoms. The standard InChI is InChI=1S/C40H68N2O6Si2/c1-12-13-14-15-16-17-24-29-36(48-50(10,11)40(5,6)7)35(32-47-49(8,9)39(2,3)4)42(38(44)46-31-34-27-22-19-23-28-34)41-37(43)45-30-33-25-20-18-21-26-33/h18-23,25-28,35-36H,12-17,24,29-32H2,1-11H3,(H,41,43)/t35-,36+/m0/s1. The lowest BCUT2D eigenvalue weighted by molar-refractivity contribution is -0.0121. The first-order valence-electron chi connectivity index (χ1n) is 18.7. The Hall–Kier alpha value is -2.67. The summed E-state index contributed by atoms with van der Waals surface area (Å²) < 4.78 is 25.6. The Kier molecular flexibility index (Phi) is 17.7. The number of hydrogen-bond acceptors (Lipinski definition) is 6. The minimum atomic E-state index is -2.35. The number of carbonyl (C=O) groups is 2. The molecule has 0 saturated carbocycles. The predicted molar refractivity (Wildman–Crippen MR) is 210 cm³/mol. The third-order valence-corrected chi connectivity index (χ3v) is 19.4. The minimum Gasteiger partial charge on any atom is -0.443 e. The van der Waals surface area contributed by atoms with Crippen molar-refractivity contribution in [1.82, 2.24) is 10.4 Å². The molecule has 1 N–H and O–H groups in total. The number of benzene rings is 2. The number of unbranched alkanes of at least 4 members (excludes halogenated alkanes) is 6. The van der Waals surface area contributed by atoms with E-state index in [1.165, 1.54) is 30.7 Å². The molecule has 282 valence electrons. The summed E-state index contributed by atoms with van der Waals surface area (Å²) in [5.74, 6) is 0. The smallest absolute Gasteiger partial charge is 0.429 e. The summed E-state index contributed by atoms with van der Waals surface area (Å²) in [4.78, 5) is 27.7. The highest BCUT2D eigenvalue weighted by Crippen LogP contribution is 2.40. The monoisotopic (exact) mass is 728 g/mol. The molecule has 0 bridgehead atoms. The first-order valence-corrected chi connectivity index (χ1v) is 24.5. The number of hydrazine groups is 1. The number of nitrogens with zero attached hydrogens (tertiary/aromatic N) is 1. The number of ether oxygens (including phenoxy) is 2. The van der Waals surface area contributed by atoms with E-state index in [-0.39, 0.29) is 29.9 Å². The highest BCUT2D eigenvalue weighted by atomic mass is 28.4. The van der Waals surface area contributed by atoms with Gasteiger partial charge in [0.25, 0.3) is 0 Å². The van der Waals surface area contributed by atoms with E-state index in [0.717, 1.165) is 36.8 Å². The van der Waals surface area contributed by atoms with Gasteiger partial charge in [-0.05, 0) is 53.8 Å². The van der Waals surface area contributed by atoms with Gasteiger partial charge in [-0.1, -0.05) is 154 Å². The molecule has 0 heterocycles. The number of nitrogens with one attached hydrogen (secondary N) is 1. The van der Waals surface area contributed by atoms with Crippen molar-refractivity contribution in [3.63, 3.8) is 0 Å². The van der Waals surface area contributed by atoms with Crippen LogP contribution in [-0.2, 0) is 31.5 Å². The molecule has 0 aliphatic heterocycles. The van der Waals surface area contributed by atoms with Crippen molar-refractivity contribution in [2.45, 2.75) is 161 Å². The third kappa shape index (κ3) is 14.9. The summed E-state index contributed by atoms with van der Waals surface area (Å²) in [6, 6.07) is 18.4. The molecule has 2 aromatic carbocycles. The summed E-state index contributed by atoms with van der Waals surface area (Å²) in [6.45, 7) is 24.6. The van der Waals surface area contributed by atoms with Crippen molar-refractivity contribution in [1.29, 1.82) is 0 Å². The van der Waals surface area contributed by atoms with E-state index < -0.39 is 41.0 Å². The van der Waals surface area contributed by atoms with Gasteiger partial charge in [-0.2, -0.15) is 0 Å². The van der Waals surface area contributed by atoms with E-state index >= 15 is 0 Å². The molecule has 8 nitrogen and oxygen atoms in total. The highest BCUT2D eigenvalue weighted by molar-refractivity contribution is 6.74. The zero-order valence-corrected chi connectivity index (χ0v) is 35.1. The van der Waals surface area contributed by atoms with Crippen LogP contribution in [0.25, 0.3) is 0 Å². The topological polar surface area (TPSA) is 86.3 Å². The Morgan fingerprint density at radius 2 is 1.18 bits per heavy atom. The van der Waals surface area contributed by atoms with Crippen molar-refractivity contribution < 1.29 is 27.9 Å². The maximum Gasteiger partial charge on any atom is 0.429 e. The normalized spacial score (nSPS) is 13.7. The van der Waals surface area contributed by atoms with Crippen LogP contribution in [0.15, 0.2) is 60.7 Å². The summed E-state index contributed by atoms with van der Waals surface area (Å²) in [6.07, 6.45) is 6.99. The number of rotatable bonds is 19. The number of carbonyl (C=O) groups excluding carboxylic acids is 2. The van der Waals surface area contributed by atoms with Gasteiger partial charge >= 0.3 is 12.2 Å². The van der Waals surface area contributed by atoms with Crippen molar-refractivity contribution in [2.24, 2.45) is 0 Å². The van der Waals surface area contributed by atoms with Gasteiger partial charge in [0.2, 0.25) is 0 Å². The maximum absolute atomic E-state index is 14.2. The fraction of sp³-hybridized carbons (Fsp3) is 0.650. The van der Waals surface area contributed by atoms with E-state index in [1.807, 2.05) is 60.7 Å². The predicted octanol–water partition coefficient (Wildman–Crippen LogP) is 11.4. The average Bonchev–Trinajstić information content (AvgIpc) is 3.05. The third-order valence-electron chi connectivity index (χ3n) is 10.4. The summed E-state index contributed by atoms with van der Waals surface area (Å²) in [7, 11) is -4.63. The average molecular weight is 729 g/mol. The largest absolute Gasteiger partial charge is 0.443 e. The molecule has 2 aromatic rings. The first-order chi connectivity index (χ1) is 23.4. The van der Waals surface area contributed by atoms with Crippen LogP contribution >= 0.6 is 0 Å². The van der Waals surface area contributed by atoms with E-state index in [2.05, 4.69) is 80.1 Å². The minimum absolute atomic E-state index is 0.0538. The Morgan fingerprint density at radius 1 is 0.700 bits per heavy atom. The second-order valence-electron chi connectivity index (χ2n) is 16.5. The van der Waals surface area contributed by atoms with Crippen molar-refractivity contribution in [3.8, 4) is 0 Å². The van der Waals surface area contributed by atoms with Crippen LogP contribution in [0.1, 0.15) is 111 Å². The summed E-state index contributed by atoms with van der Waals surface area (Å²) in [5.41, 5.74) is 4.49. The van der Waals surface area contributed by atoms with Crippen LogP contribution in [-0.4, -0.2) is 52.6 Å². The van der Waals surface area contributed by atoms with E-state index in [0.29, 0.717) is 0 Å². The lowest BCUT2D eigenvalue weighted by Crippen LogP contribution is -2.61. The lowest BCUT2D eigenvalue weighted by Gasteiger charge is -2.45. The van der Waals surface area contributed by atoms with E-state index in [9.17, 15) is 9.59 Å². The molecule has 2 atom stereocenters. The molecular weight excluding hydrogens is 661 g/mol. The van der Waals surface area contributed by atoms with Gasteiger partial charge in [0, 0.05) is 0 Å². The van der Waals surface area contributed by atoms with Crippen molar-refractivity contribution in [3.05, 3.63) is 71.8 Å². The molecule has 2 amide bonds. The maximum atomic E-state index is 14.2. The van der Waals surface area contributed by atoms with E-state index in [4.69, 9.17) is 18.3 Å². The van der Waals surface area contributed by atoms with Crippen molar-refractivity contribution >= 4 is 28.8 Å². The second-order valence-corrected chi connectivity index (χ2v) is 26.1. The molecule has 0 saturated heterocycles. The Morgan fingerprint density at radius 3 is 1.68 bits per heavy atom. The van der Waals surface area contributed by atoms with Crippen LogP contribution in [0.2, 0.25) is 36.3 Å². The highest BCUT2D eigenvalue weighted by Gasteiger charge is 2.45. The Labute approximate surface area is 306 Å². The number of hydrogen-bond donors (Lipinski definition) is 1. The molecule has 0 spiro atoms. The Balaban J connectivity index is 2.52. The van der Waals surface area contributed by atoms with Crippen LogP contribution in [0.4, 0.5) is 9.59 Å². The Bertz CT molecular complexity index is 1260. The van der Waals surface area contributed by atoms with Gasteiger partial charge in [0.1, 0.15) is 19.3 Å². The molecule has 0 radical (unpaired) electrons. The molecule has 50 heavy (non-hydrogen) atoms. The summed E-state index contributed by atoms with van der Waals surface area (Å²) >= 11 is 0. The van der Waals surface area contributed by atoms with Crippen LogP contribution in [0.5, 0.6) is 0 Å². The SMILES string of the molecule is CCCCCCCCC[C@@H](O[Si](C)(C)C(C)(C)C)[C@H](CO[Si](C)(C)C(C)(C)C)N(NC(=O)OCc1ccccc1)C(=O)OCc1ccccc1. The zero-order valence-electron chi connectivity index (χ0n) is 33.1. The molecule has 0 aliphatic carbocycles. The zero-order chi connectivity index (χ0) is 37.4. The lowest BCUT2D eigenvalue weighted by atomic mass is 10.0. The van der Waals surface area contributed by atoms with Gasteiger partial charge in [-0.25, -0.2) is 20.0 Å². The quantitative estimate of drug-likeness (QED) is 0.0880. The van der Waals surface area contributed by atoms with Crippen LogP contribution < -0.4 is 5.43 Å². The molecule has 0 unspecified atom stereocenters. The van der Waals surface area contributed by atoms with E-state index in [1.54, 1.807) is 0 Å². The number of amides is 2. The molecule has 0 aromatic heterocycles. The van der Waals surface area contributed by atoms with Crippen molar-refractivity contribution in [2.75, 3.05) is 6.61 Å². The van der Waals surface area contributed by atoms with Gasteiger partial charge in [0.15, 0.2) is 16.6 Å².